The topological polar surface area (TPSA) is 125 Å². The van der Waals surface area contributed by atoms with E-state index >= 15 is 0 Å². The van der Waals surface area contributed by atoms with Crippen LogP contribution in [0.4, 0.5) is 10.5 Å². The number of ether oxygens (including phenoxy) is 1. The van der Waals surface area contributed by atoms with Crippen molar-refractivity contribution in [1.82, 2.24) is 14.9 Å². The highest BCUT2D eigenvalue weighted by Gasteiger charge is 2.40. The molecule has 0 atom stereocenters. The second-order valence-electron chi connectivity index (χ2n) is 5.84. The van der Waals surface area contributed by atoms with Crippen LogP contribution in [0.25, 0.3) is 11.0 Å². The summed E-state index contributed by atoms with van der Waals surface area (Å²) in [4.78, 5) is 33.1. The van der Waals surface area contributed by atoms with E-state index in [1.165, 1.54) is 18.2 Å². The number of rotatable bonds is 3. The maximum absolute atomic E-state index is 12.6. The Hall–Kier alpha value is -2.94. The lowest BCUT2D eigenvalue weighted by molar-refractivity contribution is -0.138. The fraction of sp³-hybridized carbons (Fsp3) is 0.375. The molecule has 1 aliphatic rings. The van der Waals surface area contributed by atoms with Gasteiger partial charge in [0, 0.05) is 38.2 Å². The number of carbonyl (C=O) groups is 2. The molecule has 1 fully saturated rings. The van der Waals surface area contributed by atoms with Crippen LogP contribution in [0, 0.1) is 0 Å². The molecule has 0 radical (unpaired) electrons. The molecule has 0 saturated carbocycles. The SMILES string of the molecule is COc1ccc2nccc(NC(=O)C3(O)CCN(C(=O)O)CC3)c2n1. The predicted octanol–water partition coefficient (Wildman–Crippen LogP) is 1.08. The van der Waals surface area contributed by atoms with Crippen LogP contribution in [0.5, 0.6) is 5.88 Å². The molecule has 0 aromatic carbocycles. The third-order valence-corrected chi connectivity index (χ3v) is 4.30. The second kappa shape index (κ2) is 6.52. The van der Waals surface area contributed by atoms with E-state index in [2.05, 4.69) is 15.3 Å². The van der Waals surface area contributed by atoms with Gasteiger partial charge in [-0.2, -0.15) is 0 Å². The van der Waals surface area contributed by atoms with E-state index in [4.69, 9.17) is 9.84 Å². The zero-order chi connectivity index (χ0) is 18.0. The highest BCUT2D eigenvalue weighted by Crippen LogP contribution is 2.27. The largest absolute Gasteiger partial charge is 0.481 e. The first-order chi connectivity index (χ1) is 11.9. The Balaban J connectivity index is 1.81. The number of nitrogens with zero attached hydrogens (tertiary/aromatic N) is 3. The van der Waals surface area contributed by atoms with Crippen LogP contribution >= 0.6 is 0 Å². The molecule has 3 heterocycles. The van der Waals surface area contributed by atoms with E-state index in [1.807, 2.05) is 0 Å². The average Bonchev–Trinajstić information content (AvgIpc) is 2.62. The van der Waals surface area contributed by atoms with Crippen LogP contribution in [-0.4, -0.2) is 62.9 Å². The number of hydrogen-bond acceptors (Lipinski definition) is 6. The molecule has 9 heteroatoms. The minimum atomic E-state index is -1.62. The van der Waals surface area contributed by atoms with Crippen molar-refractivity contribution in [3.8, 4) is 5.88 Å². The number of methoxy groups -OCH3 is 1. The molecule has 1 saturated heterocycles. The van der Waals surface area contributed by atoms with Crippen molar-refractivity contribution in [2.45, 2.75) is 18.4 Å². The van der Waals surface area contributed by atoms with Gasteiger partial charge in [0.25, 0.3) is 5.91 Å². The van der Waals surface area contributed by atoms with Crippen molar-refractivity contribution in [2.24, 2.45) is 0 Å². The highest BCUT2D eigenvalue weighted by molar-refractivity contribution is 6.02. The van der Waals surface area contributed by atoms with Gasteiger partial charge >= 0.3 is 6.09 Å². The summed E-state index contributed by atoms with van der Waals surface area (Å²) in [6.45, 7) is 0.199. The van der Waals surface area contributed by atoms with Crippen molar-refractivity contribution < 1.29 is 24.5 Å². The number of aliphatic hydroxyl groups is 1. The Kier molecular flexibility index (Phi) is 4.41. The van der Waals surface area contributed by atoms with Gasteiger partial charge in [0.2, 0.25) is 5.88 Å². The maximum Gasteiger partial charge on any atom is 0.407 e. The minimum Gasteiger partial charge on any atom is -0.481 e. The first-order valence-corrected chi connectivity index (χ1v) is 7.74. The van der Waals surface area contributed by atoms with Gasteiger partial charge in [0.05, 0.1) is 18.3 Å². The molecule has 0 spiro atoms. The molecular formula is C16H18N4O5. The lowest BCUT2D eigenvalue weighted by Crippen LogP contribution is -2.52. The Morgan fingerprint density at radius 2 is 2.00 bits per heavy atom. The standard InChI is InChI=1S/C16H18N4O5/c1-25-12-3-2-10-13(19-12)11(4-7-17-10)18-14(21)16(24)5-8-20(9-6-16)15(22)23/h2-4,7,24H,5-6,8-9H2,1H3,(H,22,23)(H,17,18,21). The van der Waals surface area contributed by atoms with Gasteiger partial charge in [-0.3, -0.25) is 9.78 Å². The van der Waals surface area contributed by atoms with Crippen molar-refractivity contribution in [1.29, 1.82) is 0 Å². The number of aromatic nitrogens is 2. The highest BCUT2D eigenvalue weighted by atomic mass is 16.5. The van der Waals surface area contributed by atoms with Gasteiger partial charge in [-0.1, -0.05) is 0 Å². The van der Waals surface area contributed by atoms with Gasteiger partial charge in [0.1, 0.15) is 11.1 Å². The normalized spacial score (nSPS) is 16.5. The molecule has 3 N–H and O–H groups in total. The molecule has 2 aromatic rings. The van der Waals surface area contributed by atoms with Gasteiger partial charge in [0.15, 0.2) is 0 Å². The summed E-state index contributed by atoms with van der Waals surface area (Å²) in [6.07, 6.45) is 0.540. The van der Waals surface area contributed by atoms with Crippen molar-refractivity contribution in [2.75, 3.05) is 25.5 Å². The fourth-order valence-electron chi connectivity index (χ4n) is 2.76. The number of fused-ring (bicyclic) bond motifs is 1. The van der Waals surface area contributed by atoms with E-state index in [-0.39, 0.29) is 25.9 Å². The lowest BCUT2D eigenvalue weighted by atomic mass is 9.90. The Morgan fingerprint density at radius 3 is 2.64 bits per heavy atom. The zero-order valence-electron chi connectivity index (χ0n) is 13.6. The number of piperidine rings is 1. The molecule has 0 aliphatic carbocycles. The molecule has 0 unspecified atom stereocenters. The number of nitrogens with one attached hydrogen (secondary N) is 1. The first kappa shape index (κ1) is 16.9. The van der Waals surface area contributed by atoms with Crippen molar-refractivity contribution >= 4 is 28.7 Å². The minimum absolute atomic E-state index is 0.0326. The van der Waals surface area contributed by atoms with Crippen LogP contribution in [-0.2, 0) is 4.79 Å². The van der Waals surface area contributed by atoms with E-state index in [1.54, 1.807) is 18.2 Å². The third-order valence-electron chi connectivity index (χ3n) is 4.30. The molecule has 3 rings (SSSR count). The smallest absolute Gasteiger partial charge is 0.407 e. The summed E-state index contributed by atoms with van der Waals surface area (Å²) in [5.41, 5.74) is -0.198. The van der Waals surface area contributed by atoms with E-state index < -0.39 is 17.6 Å². The first-order valence-electron chi connectivity index (χ1n) is 7.74. The zero-order valence-corrected chi connectivity index (χ0v) is 13.6. The van der Waals surface area contributed by atoms with Crippen molar-refractivity contribution in [3.05, 3.63) is 24.4 Å². The second-order valence-corrected chi connectivity index (χ2v) is 5.84. The summed E-state index contributed by atoms with van der Waals surface area (Å²) < 4.78 is 5.09. The van der Waals surface area contributed by atoms with Gasteiger partial charge in [-0.05, 0) is 12.1 Å². The van der Waals surface area contributed by atoms with Crippen LogP contribution in [0.2, 0.25) is 0 Å². The lowest BCUT2D eigenvalue weighted by Gasteiger charge is -2.35. The van der Waals surface area contributed by atoms with Gasteiger partial charge in [-0.25, -0.2) is 9.78 Å². The number of carbonyl (C=O) groups excluding carboxylic acids is 1. The van der Waals surface area contributed by atoms with Crippen LogP contribution in [0.15, 0.2) is 24.4 Å². The number of amides is 2. The van der Waals surface area contributed by atoms with Crippen molar-refractivity contribution in [3.63, 3.8) is 0 Å². The quantitative estimate of drug-likeness (QED) is 0.759. The van der Waals surface area contributed by atoms with E-state index in [0.717, 1.165) is 0 Å². The Labute approximate surface area is 143 Å². The fourth-order valence-corrected chi connectivity index (χ4v) is 2.76. The van der Waals surface area contributed by atoms with Crippen LogP contribution in [0.1, 0.15) is 12.8 Å². The molecular weight excluding hydrogens is 328 g/mol. The molecule has 0 bridgehead atoms. The summed E-state index contributed by atoms with van der Waals surface area (Å²) in [5.74, 6) is -0.209. The van der Waals surface area contributed by atoms with Gasteiger partial charge < -0.3 is 25.2 Å². The molecule has 2 amide bonds. The number of carboxylic acid groups (broad SMARTS) is 1. The number of hydrogen-bond donors (Lipinski definition) is 3. The maximum atomic E-state index is 12.6. The van der Waals surface area contributed by atoms with E-state index in [0.29, 0.717) is 22.6 Å². The molecule has 9 nitrogen and oxygen atoms in total. The number of pyridine rings is 2. The summed E-state index contributed by atoms with van der Waals surface area (Å²) in [5, 5.41) is 22.2. The third kappa shape index (κ3) is 3.31. The molecule has 132 valence electrons. The number of likely N-dealkylation sites (tertiary alicyclic amines) is 1. The van der Waals surface area contributed by atoms with E-state index in [9.17, 15) is 14.7 Å². The van der Waals surface area contributed by atoms with Crippen LogP contribution < -0.4 is 10.1 Å². The Morgan fingerprint density at radius 1 is 1.28 bits per heavy atom. The average molecular weight is 346 g/mol. The summed E-state index contributed by atoms with van der Waals surface area (Å²) >= 11 is 0. The summed E-state index contributed by atoms with van der Waals surface area (Å²) in [6, 6.07) is 4.97. The Bertz CT molecular complexity index is 817. The number of anilines is 1. The van der Waals surface area contributed by atoms with Crippen LogP contribution in [0.3, 0.4) is 0 Å². The van der Waals surface area contributed by atoms with Gasteiger partial charge in [-0.15, -0.1) is 0 Å². The molecule has 1 aliphatic heterocycles. The monoisotopic (exact) mass is 346 g/mol. The molecule has 2 aromatic heterocycles. The predicted molar refractivity (Wildman–Crippen MR) is 88.5 cm³/mol. The molecule has 25 heavy (non-hydrogen) atoms. The summed E-state index contributed by atoms with van der Waals surface area (Å²) in [7, 11) is 1.49.